The summed E-state index contributed by atoms with van der Waals surface area (Å²) in [7, 11) is 0. The normalized spacial score (nSPS) is 16.3. The predicted octanol–water partition coefficient (Wildman–Crippen LogP) is 5.62. The van der Waals surface area contributed by atoms with Crippen molar-refractivity contribution in [1.82, 2.24) is 9.88 Å². The molecule has 3 heterocycles. The summed E-state index contributed by atoms with van der Waals surface area (Å²) in [6.07, 6.45) is 0.938. The standard InChI is InChI=1S/C22H18N2OS3/c25-20(14-27-22-23-17-8-4-5-9-19(17)28-22)24-12-10-18-16(11-13-26-18)21(24)15-6-2-1-3-7-15/h1-9,11,13,21H,10,12,14H2/t21-/m1/s1. The Morgan fingerprint density at radius 1 is 1.11 bits per heavy atom. The maximum atomic E-state index is 13.2. The van der Waals surface area contributed by atoms with Crippen molar-refractivity contribution in [2.75, 3.05) is 12.3 Å². The fourth-order valence-corrected chi connectivity index (χ4v) is 6.56. The Labute approximate surface area is 176 Å². The van der Waals surface area contributed by atoms with E-state index < -0.39 is 0 Å². The number of thioether (sulfide) groups is 1. The first-order chi connectivity index (χ1) is 13.8. The largest absolute Gasteiger partial charge is 0.330 e. The highest BCUT2D eigenvalue weighted by molar-refractivity contribution is 8.01. The minimum absolute atomic E-state index is 0.0136. The molecule has 140 valence electrons. The van der Waals surface area contributed by atoms with Gasteiger partial charge < -0.3 is 4.90 Å². The fraction of sp³-hybridized carbons (Fsp3) is 0.182. The molecule has 1 aliphatic heterocycles. The molecule has 0 radical (unpaired) electrons. The van der Waals surface area contributed by atoms with Crippen LogP contribution in [0, 0.1) is 0 Å². The van der Waals surface area contributed by atoms with Gasteiger partial charge in [-0.1, -0.05) is 54.2 Å². The van der Waals surface area contributed by atoms with Gasteiger partial charge in [0.25, 0.3) is 0 Å². The Balaban J connectivity index is 1.38. The van der Waals surface area contributed by atoms with Gasteiger partial charge in [-0.25, -0.2) is 4.98 Å². The van der Waals surface area contributed by atoms with Crippen molar-refractivity contribution in [1.29, 1.82) is 0 Å². The van der Waals surface area contributed by atoms with Crippen LogP contribution >= 0.6 is 34.4 Å². The third kappa shape index (κ3) is 3.36. The van der Waals surface area contributed by atoms with Crippen LogP contribution in [0.1, 0.15) is 22.0 Å². The molecule has 0 aliphatic carbocycles. The number of nitrogens with zero attached hydrogens (tertiary/aromatic N) is 2. The number of aromatic nitrogens is 1. The van der Waals surface area contributed by atoms with Crippen LogP contribution in [0.3, 0.4) is 0 Å². The van der Waals surface area contributed by atoms with Crippen LogP contribution in [0.5, 0.6) is 0 Å². The van der Waals surface area contributed by atoms with Gasteiger partial charge in [0, 0.05) is 11.4 Å². The quantitative estimate of drug-likeness (QED) is 0.400. The van der Waals surface area contributed by atoms with Crippen molar-refractivity contribution in [3.8, 4) is 0 Å². The van der Waals surface area contributed by atoms with E-state index in [9.17, 15) is 4.79 Å². The number of benzene rings is 2. The van der Waals surface area contributed by atoms with Gasteiger partial charge in [-0.05, 0) is 41.1 Å². The highest BCUT2D eigenvalue weighted by atomic mass is 32.2. The summed E-state index contributed by atoms with van der Waals surface area (Å²) in [6.45, 7) is 0.770. The van der Waals surface area contributed by atoms with Gasteiger partial charge in [0.1, 0.15) is 0 Å². The number of thiophene rings is 1. The topological polar surface area (TPSA) is 33.2 Å². The van der Waals surface area contributed by atoms with E-state index in [0.717, 1.165) is 22.8 Å². The molecular weight excluding hydrogens is 404 g/mol. The number of fused-ring (bicyclic) bond motifs is 2. The minimum Gasteiger partial charge on any atom is -0.330 e. The monoisotopic (exact) mass is 422 g/mol. The van der Waals surface area contributed by atoms with E-state index in [1.807, 2.05) is 29.2 Å². The summed E-state index contributed by atoms with van der Waals surface area (Å²) < 4.78 is 2.12. The lowest BCUT2D eigenvalue weighted by Gasteiger charge is -2.36. The van der Waals surface area contributed by atoms with Crippen LogP contribution in [0.15, 0.2) is 70.4 Å². The Bertz CT molecular complexity index is 1090. The Morgan fingerprint density at radius 2 is 1.93 bits per heavy atom. The molecule has 6 heteroatoms. The predicted molar refractivity (Wildman–Crippen MR) is 118 cm³/mol. The molecular formula is C22H18N2OS3. The maximum Gasteiger partial charge on any atom is 0.233 e. The third-order valence-corrected chi connectivity index (χ3v) is 8.16. The second-order valence-corrected chi connectivity index (χ2v) is 9.94. The molecule has 28 heavy (non-hydrogen) atoms. The van der Waals surface area contributed by atoms with Crippen molar-refractivity contribution in [2.45, 2.75) is 16.8 Å². The molecule has 0 fully saturated rings. The summed E-state index contributed by atoms with van der Waals surface area (Å²) in [5, 5.41) is 2.14. The number of hydrogen-bond donors (Lipinski definition) is 0. The fourth-order valence-electron chi connectivity index (χ4n) is 3.70. The van der Waals surface area contributed by atoms with E-state index in [1.165, 1.54) is 20.7 Å². The third-order valence-electron chi connectivity index (χ3n) is 4.99. The van der Waals surface area contributed by atoms with Gasteiger partial charge in [-0.15, -0.1) is 22.7 Å². The van der Waals surface area contributed by atoms with Crippen molar-refractivity contribution in [3.05, 3.63) is 82.0 Å². The molecule has 0 bridgehead atoms. The van der Waals surface area contributed by atoms with Crippen LogP contribution in [0.4, 0.5) is 0 Å². The lowest BCUT2D eigenvalue weighted by atomic mass is 9.93. The highest BCUT2D eigenvalue weighted by Crippen LogP contribution is 2.38. The van der Waals surface area contributed by atoms with Gasteiger partial charge in [0.05, 0.1) is 22.0 Å². The average molecular weight is 423 g/mol. The van der Waals surface area contributed by atoms with E-state index in [-0.39, 0.29) is 11.9 Å². The van der Waals surface area contributed by atoms with Crippen molar-refractivity contribution < 1.29 is 4.79 Å². The molecule has 2 aromatic carbocycles. The van der Waals surface area contributed by atoms with E-state index in [2.05, 4.69) is 46.8 Å². The van der Waals surface area contributed by atoms with Crippen LogP contribution in [-0.4, -0.2) is 28.1 Å². The van der Waals surface area contributed by atoms with Crippen molar-refractivity contribution in [3.63, 3.8) is 0 Å². The average Bonchev–Trinajstić information content (AvgIpc) is 3.38. The molecule has 0 saturated carbocycles. The molecule has 2 aromatic heterocycles. The van der Waals surface area contributed by atoms with Crippen LogP contribution in [-0.2, 0) is 11.2 Å². The van der Waals surface area contributed by atoms with Gasteiger partial charge >= 0.3 is 0 Å². The Morgan fingerprint density at radius 3 is 2.79 bits per heavy atom. The number of carbonyl (C=O) groups excluding carboxylic acids is 1. The first-order valence-electron chi connectivity index (χ1n) is 9.18. The molecule has 0 saturated heterocycles. The van der Waals surface area contributed by atoms with Gasteiger partial charge in [-0.2, -0.15) is 0 Å². The van der Waals surface area contributed by atoms with Crippen LogP contribution < -0.4 is 0 Å². The minimum atomic E-state index is 0.0136. The molecule has 0 spiro atoms. The summed E-state index contributed by atoms with van der Waals surface area (Å²) in [6, 6.07) is 20.7. The van der Waals surface area contributed by atoms with Crippen LogP contribution in [0.2, 0.25) is 0 Å². The number of rotatable bonds is 4. The second kappa shape index (κ2) is 7.70. The molecule has 4 aromatic rings. The molecule has 3 nitrogen and oxygen atoms in total. The number of amides is 1. The first-order valence-corrected chi connectivity index (χ1v) is 11.9. The molecule has 1 atom stereocenters. The number of carbonyl (C=O) groups is 1. The zero-order valence-electron chi connectivity index (χ0n) is 15.1. The smallest absolute Gasteiger partial charge is 0.233 e. The van der Waals surface area contributed by atoms with E-state index in [1.54, 1.807) is 34.4 Å². The SMILES string of the molecule is O=C(CSc1nc2ccccc2s1)N1CCc2sccc2[C@H]1c1ccccc1. The number of hydrogen-bond acceptors (Lipinski definition) is 5. The number of para-hydroxylation sites is 1. The van der Waals surface area contributed by atoms with Crippen molar-refractivity contribution in [2.24, 2.45) is 0 Å². The lowest BCUT2D eigenvalue weighted by molar-refractivity contribution is -0.130. The highest BCUT2D eigenvalue weighted by Gasteiger charge is 2.32. The lowest BCUT2D eigenvalue weighted by Crippen LogP contribution is -2.41. The first kappa shape index (κ1) is 17.9. The van der Waals surface area contributed by atoms with E-state index in [0.29, 0.717) is 5.75 Å². The zero-order valence-corrected chi connectivity index (χ0v) is 17.5. The zero-order chi connectivity index (χ0) is 18.9. The van der Waals surface area contributed by atoms with E-state index >= 15 is 0 Å². The molecule has 1 aliphatic rings. The molecule has 1 amide bonds. The molecule has 0 unspecified atom stereocenters. The molecule has 5 rings (SSSR count). The van der Waals surface area contributed by atoms with Crippen LogP contribution in [0.25, 0.3) is 10.2 Å². The van der Waals surface area contributed by atoms with Gasteiger partial charge in [0.2, 0.25) is 5.91 Å². The van der Waals surface area contributed by atoms with Gasteiger partial charge in [-0.3, -0.25) is 4.79 Å². The van der Waals surface area contributed by atoms with Gasteiger partial charge in [0.15, 0.2) is 4.34 Å². The summed E-state index contributed by atoms with van der Waals surface area (Å²) in [5.74, 6) is 0.595. The maximum absolute atomic E-state index is 13.2. The van der Waals surface area contributed by atoms with Crippen molar-refractivity contribution >= 4 is 50.6 Å². The Hall–Kier alpha value is -2.15. The van der Waals surface area contributed by atoms with E-state index in [4.69, 9.17) is 0 Å². The Kier molecular flexibility index (Phi) is 4.93. The second-order valence-electron chi connectivity index (χ2n) is 6.69. The number of thiazole rings is 1. The molecule has 0 N–H and O–H groups in total. The summed E-state index contributed by atoms with van der Waals surface area (Å²) in [5.41, 5.74) is 3.46. The summed E-state index contributed by atoms with van der Waals surface area (Å²) in [4.78, 5) is 21.3. The summed E-state index contributed by atoms with van der Waals surface area (Å²) >= 11 is 5.00.